The van der Waals surface area contributed by atoms with Crippen LogP contribution in [-0.2, 0) is 44.0 Å². The van der Waals surface area contributed by atoms with Crippen LogP contribution in [0.25, 0.3) is 0 Å². The minimum atomic E-state index is -0.935. The molecule has 0 unspecified atom stereocenters. The maximum absolute atomic E-state index is 10.3. The largest absolute Gasteiger partial charge is 0.508 e. The molecule has 4 nitrogen and oxygen atoms in total. The van der Waals surface area contributed by atoms with E-state index in [2.05, 4.69) is 7.05 Å². The number of phenols is 1. The maximum atomic E-state index is 10.3. The summed E-state index contributed by atoms with van der Waals surface area (Å²) in [4.78, 5) is 11.7. The first kappa shape index (κ1) is 14.6. The number of carboxylic acid groups (broad SMARTS) is 1. The normalized spacial score (nSPS) is 9.73. The topological polar surface area (TPSA) is 60.8 Å². The molecule has 0 aromatic heterocycles. The fourth-order valence-corrected chi connectivity index (χ4v) is 1.13. The van der Waals surface area contributed by atoms with Crippen LogP contribution in [0.3, 0.4) is 0 Å². The van der Waals surface area contributed by atoms with E-state index in [4.69, 9.17) is 5.11 Å². The summed E-state index contributed by atoms with van der Waals surface area (Å²) < 4.78 is 0. The van der Waals surface area contributed by atoms with Crippen LogP contribution >= 0.6 is 0 Å². The van der Waals surface area contributed by atoms with Crippen molar-refractivity contribution in [1.82, 2.24) is 4.90 Å². The van der Waals surface area contributed by atoms with E-state index in [-0.39, 0.29) is 45.0 Å². The van der Waals surface area contributed by atoms with Gasteiger partial charge >= 0.3 is 5.97 Å². The van der Waals surface area contributed by atoms with E-state index in [1.54, 1.807) is 24.3 Å². The average molecular weight is 283 g/mol. The molecule has 0 aliphatic carbocycles. The number of hydrogen-bond donors (Lipinski definition) is 2. The summed E-state index contributed by atoms with van der Waals surface area (Å²) in [6.45, 7) is 0.174. The van der Waals surface area contributed by atoms with Crippen molar-refractivity contribution in [1.29, 1.82) is 0 Å². The Morgan fingerprint density at radius 3 is 2.53 bits per heavy atom. The first-order valence-corrected chi connectivity index (χ1v) is 4.13. The molecule has 15 heavy (non-hydrogen) atoms. The number of rotatable bonds is 4. The number of benzene rings is 1. The zero-order chi connectivity index (χ0) is 10.6. The van der Waals surface area contributed by atoms with E-state index >= 15 is 0 Å². The summed E-state index contributed by atoms with van der Waals surface area (Å²) in [5.41, 5.74) is 0.670. The Morgan fingerprint density at radius 2 is 2.00 bits per heavy atom. The first-order valence-electron chi connectivity index (χ1n) is 4.13. The van der Waals surface area contributed by atoms with Gasteiger partial charge in [-0.25, -0.2) is 0 Å². The van der Waals surface area contributed by atoms with E-state index in [9.17, 15) is 9.90 Å². The second-order valence-electron chi connectivity index (χ2n) is 3.01. The molecule has 0 atom stereocenters. The maximum Gasteiger partial charge on any atom is 0.315 e. The molecule has 0 bridgehead atoms. The molecule has 5 heteroatoms. The molecule has 0 saturated carbocycles. The van der Waals surface area contributed by atoms with Gasteiger partial charge in [0.1, 0.15) is 5.75 Å². The average Bonchev–Trinajstić information content (AvgIpc) is 2.07. The molecule has 0 spiro atoms. The van der Waals surface area contributed by atoms with Crippen LogP contribution < -0.4 is 0 Å². The standard InChI is InChI=1S/C10H12NO3.Y/c1-11(7-10(13)14)6-8-4-2-3-5-9(8)12;/h2-5,12H,1,6-7H2,(H,13,14);/q-1;. The van der Waals surface area contributed by atoms with Gasteiger partial charge in [0.25, 0.3) is 0 Å². The van der Waals surface area contributed by atoms with Crippen molar-refractivity contribution in [2.45, 2.75) is 6.54 Å². The van der Waals surface area contributed by atoms with Gasteiger partial charge in [-0.1, -0.05) is 18.2 Å². The first-order chi connectivity index (χ1) is 6.59. The predicted octanol–water partition coefficient (Wildman–Crippen LogP) is 1.07. The van der Waals surface area contributed by atoms with E-state index in [0.717, 1.165) is 0 Å². The van der Waals surface area contributed by atoms with Crippen molar-refractivity contribution in [3.8, 4) is 5.75 Å². The molecule has 2 N–H and O–H groups in total. The number of carboxylic acids is 1. The number of phenolic OH excluding ortho intramolecular Hbond substituents is 1. The van der Waals surface area contributed by atoms with Crippen molar-refractivity contribution in [3.63, 3.8) is 0 Å². The van der Waals surface area contributed by atoms with Crippen molar-refractivity contribution >= 4 is 5.97 Å². The van der Waals surface area contributed by atoms with Crippen molar-refractivity contribution in [2.24, 2.45) is 0 Å². The summed E-state index contributed by atoms with van der Waals surface area (Å²) in [7, 11) is 3.56. The minimum absolute atomic E-state index is 0. The van der Waals surface area contributed by atoms with Gasteiger partial charge in [0.2, 0.25) is 0 Å². The van der Waals surface area contributed by atoms with Crippen LogP contribution in [0.1, 0.15) is 5.56 Å². The summed E-state index contributed by atoms with van der Waals surface area (Å²) >= 11 is 0. The third-order valence-electron chi connectivity index (χ3n) is 1.74. The van der Waals surface area contributed by atoms with Gasteiger partial charge in [-0.3, -0.25) is 11.8 Å². The Kier molecular flexibility index (Phi) is 6.73. The Hall–Kier alpha value is -0.446. The molecule has 0 heterocycles. The van der Waals surface area contributed by atoms with Crippen molar-refractivity contribution < 1.29 is 47.7 Å². The minimum Gasteiger partial charge on any atom is -0.508 e. The van der Waals surface area contributed by atoms with Crippen molar-refractivity contribution in [3.05, 3.63) is 36.9 Å². The van der Waals surface area contributed by atoms with Crippen molar-refractivity contribution in [2.75, 3.05) is 6.54 Å². The molecule has 0 amide bonds. The molecule has 1 aromatic rings. The molecule has 79 valence electrons. The molecular formula is C10H12NO3Y-. The number of carbonyl (C=O) groups is 1. The van der Waals surface area contributed by atoms with E-state index < -0.39 is 5.97 Å². The molecule has 0 fully saturated rings. The summed E-state index contributed by atoms with van der Waals surface area (Å²) in [5.74, 6) is -0.776. The Labute approximate surface area is 114 Å². The van der Waals surface area contributed by atoms with E-state index in [1.807, 2.05) is 0 Å². The number of para-hydroxylation sites is 1. The molecule has 1 rings (SSSR count). The van der Waals surface area contributed by atoms with Crippen LogP contribution in [0.5, 0.6) is 5.75 Å². The number of nitrogens with zero attached hydrogens (tertiary/aromatic N) is 1. The second-order valence-corrected chi connectivity index (χ2v) is 3.01. The fourth-order valence-electron chi connectivity index (χ4n) is 1.13. The van der Waals surface area contributed by atoms with Gasteiger partial charge in [-0.2, -0.15) is 0 Å². The Bertz CT molecular complexity index is 330. The van der Waals surface area contributed by atoms with Crippen LogP contribution in [0.2, 0.25) is 0 Å². The molecular weight excluding hydrogens is 271 g/mol. The van der Waals surface area contributed by atoms with E-state index in [1.165, 1.54) is 4.90 Å². The number of aliphatic carboxylic acids is 1. The van der Waals surface area contributed by atoms with E-state index in [0.29, 0.717) is 12.1 Å². The zero-order valence-corrected chi connectivity index (χ0v) is 11.1. The SMILES string of the molecule is [CH2-]N(CC(=O)O)Cc1ccccc1O.[Y]. The fraction of sp³-hybridized carbons (Fsp3) is 0.200. The van der Waals surface area contributed by atoms with Gasteiger partial charge in [0.05, 0.1) is 6.54 Å². The van der Waals surface area contributed by atoms with Gasteiger partial charge < -0.3 is 15.1 Å². The molecule has 0 aliphatic rings. The van der Waals surface area contributed by atoms with Gasteiger partial charge in [0.15, 0.2) is 0 Å². The zero-order valence-electron chi connectivity index (χ0n) is 8.26. The van der Waals surface area contributed by atoms with Crippen LogP contribution in [0.15, 0.2) is 24.3 Å². The number of aromatic hydroxyl groups is 1. The summed E-state index contributed by atoms with van der Waals surface area (Å²) in [6.07, 6.45) is 0. The Morgan fingerprint density at radius 1 is 1.40 bits per heavy atom. The third kappa shape index (κ3) is 5.26. The van der Waals surface area contributed by atoms with Gasteiger partial charge in [0, 0.05) is 38.3 Å². The quantitative estimate of drug-likeness (QED) is 0.811. The smallest absolute Gasteiger partial charge is 0.315 e. The molecule has 0 saturated heterocycles. The van der Waals surface area contributed by atoms with Crippen LogP contribution in [0.4, 0.5) is 0 Å². The van der Waals surface area contributed by atoms with Crippen LogP contribution in [0, 0.1) is 7.05 Å². The number of hydrogen-bond acceptors (Lipinski definition) is 3. The second kappa shape index (κ2) is 6.93. The molecule has 1 aromatic carbocycles. The van der Waals surface area contributed by atoms with Crippen LogP contribution in [-0.4, -0.2) is 27.6 Å². The monoisotopic (exact) mass is 283 g/mol. The molecule has 1 radical (unpaired) electrons. The summed E-state index contributed by atoms with van der Waals surface area (Å²) in [6, 6.07) is 6.78. The van der Waals surface area contributed by atoms with Gasteiger partial charge in [-0.05, 0) is 12.6 Å². The Balaban J connectivity index is 0.00000196. The predicted molar refractivity (Wildman–Crippen MR) is 51.5 cm³/mol. The third-order valence-corrected chi connectivity index (χ3v) is 1.74. The molecule has 0 aliphatic heterocycles. The summed E-state index contributed by atoms with van der Waals surface area (Å²) in [5, 5.41) is 17.9. The van der Waals surface area contributed by atoms with Gasteiger partial charge in [-0.15, -0.1) is 0 Å².